The number of benzene rings is 3. The third kappa shape index (κ3) is 5.84. The molecular formula is C29H26N4O2. The molecule has 4 rings (SSSR count). The molecule has 4 aromatic rings. The minimum atomic E-state index is -0.409. The maximum absolute atomic E-state index is 12.3. The van der Waals surface area contributed by atoms with Crippen LogP contribution < -0.4 is 10.1 Å². The molecule has 3 aromatic carbocycles. The lowest BCUT2D eigenvalue weighted by atomic mass is 10.1. The van der Waals surface area contributed by atoms with E-state index in [1.807, 2.05) is 73.8 Å². The van der Waals surface area contributed by atoms with E-state index in [-0.39, 0.29) is 5.57 Å². The molecule has 0 aliphatic carbocycles. The molecule has 0 bridgehead atoms. The largest absolute Gasteiger partial charge is 0.489 e. The summed E-state index contributed by atoms with van der Waals surface area (Å²) in [6.07, 6.45) is 3.40. The summed E-state index contributed by atoms with van der Waals surface area (Å²) in [5, 5.41) is 17.0. The Labute approximate surface area is 205 Å². The Morgan fingerprint density at radius 1 is 1.06 bits per heavy atom. The number of hydrogen-bond acceptors (Lipinski definition) is 4. The Bertz CT molecular complexity index is 1360. The van der Waals surface area contributed by atoms with E-state index in [2.05, 4.69) is 36.5 Å². The molecule has 0 spiro atoms. The van der Waals surface area contributed by atoms with Crippen LogP contribution in [0.1, 0.15) is 23.6 Å². The number of ether oxygens (including phenoxy) is 1. The number of likely N-dealkylation sites (N-methyl/N-ethyl adjacent to an activating group) is 1. The Hall–Kier alpha value is -4.63. The lowest BCUT2D eigenvalue weighted by Gasteiger charge is -2.08. The van der Waals surface area contributed by atoms with E-state index in [9.17, 15) is 10.1 Å². The molecule has 6 heteroatoms. The van der Waals surface area contributed by atoms with E-state index in [4.69, 9.17) is 9.84 Å². The fourth-order valence-corrected chi connectivity index (χ4v) is 3.55. The van der Waals surface area contributed by atoms with Gasteiger partial charge in [0.2, 0.25) is 0 Å². The number of aryl methyl sites for hydroxylation is 1. The number of nitrogens with zero attached hydrogens (tertiary/aromatic N) is 3. The van der Waals surface area contributed by atoms with Crippen molar-refractivity contribution in [3.8, 4) is 28.8 Å². The second-order valence-electron chi connectivity index (χ2n) is 8.04. The van der Waals surface area contributed by atoms with E-state index >= 15 is 0 Å². The SMILES string of the molecule is CCNC(=O)C(C#N)=Cc1cn(-c2ccccc2)nc1-c1ccc(OCc2ccc(C)cc2)cc1. The topological polar surface area (TPSA) is 79.9 Å². The van der Waals surface area contributed by atoms with Crippen LogP contribution in [0.2, 0.25) is 0 Å². The Balaban J connectivity index is 1.64. The molecule has 35 heavy (non-hydrogen) atoms. The van der Waals surface area contributed by atoms with Crippen molar-refractivity contribution in [2.45, 2.75) is 20.5 Å². The number of rotatable bonds is 8. The molecule has 0 aliphatic heterocycles. The zero-order valence-electron chi connectivity index (χ0n) is 19.7. The lowest BCUT2D eigenvalue weighted by Crippen LogP contribution is -2.23. The van der Waals surface area contributed by atoms with Gasteiger partial charge in [0.1, 0.15) is 24.0 Å². The van der Waals surface area contributed by atoms with Crippen LogP contribution in [0.3, 0.4) is 0 Å². The maximum atomic E-state index is 12.3. The summed E-state index contributed by atoms with van der Waals surface area (Å²) in [7, 11) is 0. The van der Waals surface area contributed by atoms with Crippen LogP contribution in [0.25, 0.3) is 23.0 Å². The van der Waals surface area contributed by atoms with Gasteiger partial charge >= 0.3 is 0 Å². The quantitative estimate of drug-likeness (QED) is 0.278. The smallest absolute Gasteiger partial charge is 0.261 e. The van der Waals surface area contributed by atoms with Gasteiger partial charge < -0.3 is 10.1 Å². The van der Waals surface area contributed by atoms with Crippen LogP contribution >= 0.6 is 0 Å². The molecule has 1 aromatic heterocycles. The fourth-order valence-electron chi connectivity index (χ4n) is 3.55. The minimum absolute atomic E-state index is 0.0266. The highest BCUT2D eigenvalue weighted by Crippen LogP contribution is 2.28. The molecule has 0 atom stereocenters. The fraction of sp³-hybridized carbons (Fsp3) is 0.138. The number of carbonyl (C=O) groups is 1. The van der Waals surface area contributed by atoms with Crippen molar-refractivity contribution in [3.63, 3.8) is 0 Å². The van der Waals surface area contributed by atoms with Gasteiger partial charge in [0.15, 0.2) is 0 Å². The second-order valence-corrected chi connectivity index (χ2v) is 8.04. The maximum Gasteiger partial charge on any atom is 0.261 e. The first-order valence-electron chi connectivity index (χ1n) is 11.4. The van der Waals surface area contributed by atoms with Gasteiger partial charge in [-0.2, -0.15) is 10.4 Å². The van der Waals surface area contributed by atoms with Crippen molar-refractivity contribution < 1.29 is 9.53 Å². The average Bonchev–Trinajstić information content (AvgIpc) is 3.32. The van der Waals surface area contributed by atoms with Crippen LogP contribution in [0, 0.1) is 18.3 Å². The van der Waals surface area contributed by atoms with Crippen molar-refractivity contribution in [1.29, 1.82) is 5.26 Å². The second kappa shape index (κ2) is 11.0. The average molecular weight is 463 g/mol. The van der Waals surface area contributed by atoms with Gasteiger partial charge in [-0.3, -0.25) is 4.79 Å². The summed E-state index contributed by atoms with van der Waals surface area (Å²) >= 11 is 0. The summed E-state index contributed by atoms with van der Waals surface area (Å²) in [6, 6.07) is 27.6. The van der Waals surface area contributed by atoms with E-state index in [0.29, 0.717) is 24.4 Å². The van der Waals surface area contributed by atoms with Gasteiger partial charge in [0.05, 0.1) is 11.4 Å². The van der Waals surface area contributed by atoms with Gasteiger partial charge in [-0.05, 0) is 61.9 Å². The van der Waals surface area contributed by atoms with E-state index in [1.54, 1.807) is 10.8 Å². The molecule has 0 saturated heterocycles. The van der Waals surface area contributed by atoms with E-state index < -0.39 is 5.91 Å². The molecule has 6 nitrogen and oxygen atoms in total. The van der Waals surface area contributed by atoms with Crippen molar-refractivity contribution in [2.24, 2.45) is 0 Å². The number of nitriles is 1. The summed E-state index contributed by atoms with van der Waals surface area (Å²) in [5.74, 6) is 0.335. The molecule has 0 radical (unpaired) electrons. The predicted molar refractivity (Wildman–Crippen MR) is 137 cm³/mol. The van der Waals surface area contributed by atoms with Gasteiger partial charge in [-0.25, -0.2) is 4.68 Å². The summed E-state index contributed by atoms with van der Waals surface area (Å²) in [4.78, 5) is 12.3. The summed E-state index contributed by atoms with van der Waals surface area (Å²) in [5.41, 5.74) is 5.40. The zero-order chi connectivity index (χ0) is 24.6. The number of hydrogen-bond donors (Lipinski definition) is 1. The first-order valence-corrected chi connectivity index (χ1v) is 11.4. The molecule has 0 saturated carbocycles. The molecule has 174 valence electrons. The summed E-state index contributed by atoms with van der Waals surface area (Å²) in [6.45, 7) is 4.79. The summed E-state index contributed by atoms with van der Waals surface area (Å²) < 4.78 is 7.68. The number of aromatic nitrogens is 2. The molecule has 1 heterocycles. The molecule has 1 N–H and O–H groups in total. The zero-order valence-corrected chi connectivity index (χ0v) is 19.7. The highest BCUT2D eigenvalue weighted by molar-refractivity contribution is 6.02. The molecule has 1 amide bonds. The third-order valence-corrected chi connectivity index (χ3v) is 5.42. The Morgan fingerprint density at radius 2 is 1.77 bits per heavy atom. The molecular weight excluding hydrogens is 436 g/mol. The van der Waals surface area contributed by atoms with Crippen LogP contribution in [0.15, 0.2) is 90.6 Å². The Morgan fingerprint density at radius 3 is 2.43 bits per heavy atom. The van der Waals surface area contributed by atoms with Crippen molar-refractivity contribution in [2.75, 3.05) is 6.54 Å². The molecule has 0 fully saturated rings. The van der Waals surface area contributed by atoms with Crippen molar-refractivity contribution >= 4 is 12.0 Å². The number of nitrogens with one attached hydrogen (secondary N) is 1. The van der Waals surface area contributed by atoms with Crippen LogP contribution in [0.5, 0.6) is 5.75 Å². The predicted octanol–water partition coefficient (Wildman–Crippen LogP) is 5.47. The highest BCUT2D eigenvalue weighted by Gasteiger charge is 2.15. The van der Waals surface area contributed by atoms with Gasteiger partial charge in [0.25, 0.3) is 5.91 Å². The first kappa shape index (κ1) is 23.5. The van der Waals surface area contributed by atoms with Crippen molar-refractivity contribution in [1.82, 2.24) is 15.1 Å². The first-order chi connectivity index (χ1) is 17.1. The van der Waals surface area contributed by atoms with Gasteiger partial charge in [-0.1, -0.05) is 48.0 Å². The Kier molecular flexibility index (Phi) is 7.39. The van der Waals surface area contributed by atoms with Crippen LogP contribution in [-0.4, -0.2) is 22.2 Å². The van der Waals surface area contributed by atoms with Gasteiger partial charge in [-0.15, -0.1) is 0 Å². The standard InChI is InChI=1S/C29H26N4O2/c1-3-31-29(34)24(18-30)17-25-19-33(26-7-5-4-6-8-26)32-28(25)23-13-15-27(16-14-23)35-20-22-11-9-21(2)10-12-22/h4-17,19H,3,20H2,1-2H3,(H,31,34). The molecule has 0 aliphatic rings. The highest BCUT2D eigenvalue weighted by atomic mass is 16.5. The van der Waals surface area contributed by atoms with Crippen molar-refractivity contribution in [3.05, 3.63) is 107 Å². The van der Waals surface area contributed by atoms with E-state index in [1.165, 1.54) is 5.56 Å². The number of para-hydroxylation sites is 1. The van der Waals surface area contributed by atoms with Crippen LogP contribution in [0.4, 0.5) is 0 Å². The van der Waals surface area contributed by atoms with Crippen LogP contribution in [-0.2, 0) is 11.4 Å². The van der Waals surface area contributed by atoms with E-state index in [0.717, 1.165) is 22.6 Å². The third-order valence-electron chi connectivity index (χ3n) is 5.42. The monoisotopic (exact) mass is 462 g/mol. The molecule has 0 unspecified atom stereocenters. The number of amides is 1. The number of carbonyl (C=O) groups excluding carboxylic acids is 1. The lowest BCUT2D eigenvalue weighted by molar-refractivity contribution is -0.116. The van der Waals surface area contributed by atoms with Gasteiger partial charge in [0, 0.05) is 23.9 Å². The minimum Gasteiger partial charge on any atom is -0.489 e. The normalized spacial score (nSPS) is 11.1.